The lowest BCUT2D eigenvalue weighted by Crippen LogP contribution is -2.31. The van der Waals surface area contributed by atoms with Crippen LogP contribution in [-0.2, 0) is 16.1 Å². The summed E-state index contributed by atoms with van der Waals surface area (Å²) in [6.07, 6.45) is 0.0759. The van der Waals surface area contributed by atoms with Crippen LogP contribution in [0.2, 0.25) is 10.0 Å². The van der Waals surface area contributed by atoms with E-state index in [1.165, 1.54) is 6.92 Å². The number of Topliss-reactive ketones (excluding diaryl/α,β-unsaturated/α-hetero) is 1. The highest BCUT2D eigenvalue weighted by atomic mass is 35.5. The molecule has 0 bridgehead atoms. The van der Waals surface area contributed by atoms with Gasteiger partial charge in [-0.05, 0) is 36.8 Å². The molecule has 1 aromatic heterocycles. The smallest absolute Gasteiger partial charge is 0.307 e. The van der Waals surface area contributed by atoms with Crippen LogP contribution >= 0.6 is 35.6 Å². The number of hydrogen-bond acceptors (Lipinski definition) is 6. The van der Waals surface area contributed by atoms with Crippen molar-refractivity contribution < 1.29 is 14.3 Å². The zero-order valence-corrected chi connectivity index (χ0v) is 20.0. The van der Waals surface area contributed by atoms with Crippen molar-refractivity contribution in [1.29, 1.82) is 0 Å². The van der Waals surface area contributed by atoms with Crippen LogP contribution < -0.4 is 11.3 Å². The summed E-state index contributed by atoms with van der Waals surface area (Å²) >= 11 is 12.1. The summed E-state index contributed by atoms with van der Waals surface area (Å²) in [5, 5.41) is 5.57. The van der Waals surface area contributed by atoms with Gasteiger partial charge in [0.15, 0.2) is 5.78 Å². The molecule has 1 heterocycles. The fourth-order valence-corrected chi connectivity index (χ4v) is 3.44. The molecule has 0 fully saturated rings. The second kappa shape index (κ2) is 12.0. The van der Waals surface area contributed by atoms with Crippen LogP contribution in [0.4, 0.5) is 0 Å². The van der Waals surface area contributed by atoms with Gasteiger partial charge >= 0.3 is 5.97 Å². The molecule has 2 N–H and O–H groups in total. The molecule has 3 aromatic rings. The quantitative estimate of drug-likeness (QED) is 0.356. The van der Waals surface area contributed by atoms with Gasteiger partial charge in [0.25, 0.3) is 5.56 Å². The van der Waals surface area contributed by atoms with Crippen LogP contribution in [0.5, 0.6) is 0 Å². The van der Waals surface area contributed by atoms with Gasteiger partial charge in [0.2, 0.25) is 0 Å². The molecule has 3 rings (SSSR count). The van der Waals surface area contributed by atoms with Crippen LogP contribution in [0.1, 0.15) is 23.7 Å². The standard InChI is InChI=1S/C23H21Cl2N3O4.ClH/c1-14(29)20-21(15-2-6-17(24)7-3-15)22(16-4-8-18(25)9-5-16)27-28(23(20)31)12-13-32-19(30)10-11-26;/h2-9H,10-13,26H2,1H3;1H. The highest BCUT2D eigenvalue weighted by Crippen LogP contribution is 2.33. The maximum atomic E-state index is 13.2. The predicted molar refractivity (Wildman–Crippen MR) is 131 cm³/mol. The van der Waals surface area contributed by atoms with Crippen molar-refractivity contribution in [2.45, 2.75) is 19.9 Å². The lowest BCUT2D eigenvalue weighted by Gasteiger charge is -2.16. The molecule has 7 nitrogen and oxygen atoms in total. The first-order valence-electron chi connectivity index (χ1n) is 9.85. The molecule has 0 atom stereocenters. The maximum absolute atomic E-state index is 13.2. The number of hydrogen-bond donors (Lipinski definition) is 1. The first kappa shape index (κ1) is 26.5. The highest BCUT2D eigenvalue weighted by molar-refractivity contribution is 6.31. The van der Waals surface area contributed by atoms with E-state index in [1.807, 2.05) is 0 Å². The summed E-state index contributed by atoms with van der Waals surface area (Å²) in [6, 6.07) is 13.7. The zero-order valence-electron chi connectivity index (χ0n) is 17.7. The summed E-state index contributed by atoms with van der Waals surface area (Å²) in [4.78, 5) is 37.4. The van der Waals surface area contributed by atoms with Crippen molar-refractivity contribution >= 4 is 47.4 Å². The first-order valence-corrected chi connectivity index (χ1v) is 10.6. The lowest BCUT2D eigenvalue weighted by atomic mass is 9.94. The Morgan fingerprint density at radius 1 is 1.00 bits per heavy atom. The number of ketones is 1. The Kier molecular flexibility index (Phi) is 9.61. The molecule has 0 radical (unpaired) electrons. The number of nitrogens with two attached hydrogens (primary N) is 1. The number of carbonyl (C=O) groups excluding carboxylic acids is 2. The zero-order chi connectivity index (χ0) is 23.3. The van der Waals surface area contributed by atoms with E-state index in [9.17, 15) is 14.4 Å². The minimum absolute atomic E-state index is 0. The summed E-state index contributed by atoms with van der Waals surface area (Å²) in [5.74, 6) is -0.880. The molecule has 0 saturated carbocycles. The molecule has 0 aliphatic heterocycles. The van der Waals surface area contributed by atoms with Crippen LogP contribution in [0.3, 0.4) is 0 Å². The normalized spacial score (nSPS) is 10.4. The number of aromatic nitrogens is 2. The van der Waals surface area contributed by atoms with Gasteiger partial charge in [0.1, 0.15) is 6.61 Å². The average Bonchev–Trinajstić information content (AvgIpc) is 2.75. The molecule has 33 heavy (non-hydrogen) atoms. The van der Waals surface area contributed by atoms with E-state index in [1.54, 1.807) is 48.5 Å². The van der Waals surface area contributed by atoms with Gasteiger partial charge in [-0.3, -0.25) is 14.4 Å². The van der Waals surface area contributed by atoms with Crippen LogP contribution in [0.25, 0.3) is 22.4 Å². The Bertz CT molecular complexity index is 1190. The van der Waals surface area contributed by atoms with E-state index in [0.717, 1.165) is 4.68 Å². The molecule has 2 aromatic carbocycles. The summed E-state index contributed by atoms with van der Waals surface area (Å²) in [7, 11) is 0. The van der Waals surface area contributed by atoms with Crippen LogP contribution in [-0.4, -0.2) is 34.7 Å². The van der Waals surface area contributed by atoms with Gasteiger partial charge in [0.05, 0.1) is 24.2 Å². The van der Waals surface area contributed by atoms with Crippen molar-refractivity contribution in [2.75, 3.05) is 13.2 Å². The Balaban J connectivity index is 0.00000385. The van der Waals surface area contributed by atoms with Gasteiger partial charge in [0, 0.05) is 27.7 Å². The minimum atomic E-state index is -0.574. The Morgan fingerprint density at radius 3 is 2.06 bits per heavy atom. The van der Waals surface area contributed by atoms with E-state index in [-0.39, 0.29) is 44.1 Å². The second-order valence-corrected chi connectivity index (χ2v) is 7.83. The third-order valence-electron chi connectivity index (χ3n) is 4.67. The fourth-order valence-electron chi connectivity index (χ4n) is 3.19. The molecule has 0 spiro atoms. The topological polar surface area (TPSA) is 104 Å². The number of esters is 1. The number of halogens is 3. The molecule has 0 amide bonds. The number of benzene rings is 2. The summed E-state index contributed by atoms with van der Waals surface area (Å²) in [5.41, 5.74) is 6.86. The average molecular weight is 511 g/mol. The molecule has 0 aliphatic rings. The Labute approximate surface area is 206 Å². The van der Waals surface area contributed by atoms with E-state index >= 15 is 0 Å². The van der Waals surface area contributed by atoms with E-state index in [0.29, 0.717) is 32.4 Å². The van der Waals surface area contributed by atoms with Crippen LogP contribution in [0.15, 0.2) is 53.3 Å². The van der Waals surface area contributed by atoms with E-state index in [2.05, 4.69) is 5.10 Å². The molecule has 174 valence electrons. The lowest BCUT2D eigenvalue weighted by molar-refractivity contribution is -0.143. The predicted octanol–water partition coefficient (Wildman–Crippen LogP) is 4.40. The Morgan fingerprint density at radius 2 is 1.55 bits per heavy atom. The third kappa shape index (κ3) is 6.42. The molecule has 0 unspecified atom stereocenters. The van der Waals surface area contributed by atoms with Gasteiger partial charge in [-0.15, -0.1) is 12.4 Å². The molecular weight excluding hydrogens is 489 g/mol. The molecule has 10 heteroatoms. The van der Waals surface area contributed by atoms with E-state index < -0.39 is 17.3 Å². The molecule has 0 saturated heterocycles. The second-order valence-electron chi connectivity index (χ2n) is 6.96. The van der Waals surface area contributed by atoms with E-state index in [4.69, 9.17) is 33.7 Å². The fraction of sp³-hybridized carbons (Fsp3) is 0.217. The highest BCUT2D eigenvalue weighted by Gasteiger charge is 2.23. The largest absolute Gasteiger partial charge is 0.464 e. The monoisotopic (exact) mass is 509 g/mol. The number of ether oxygens (including phenoxy) is 1. The van der Waals surface area contributed by atoms with Crippen molar-refractivity contribution in [3.63, 3.8) is 0 Å². The SMILES string of the molecule is CC(=O)c1c(-c2ccc(Cl)cc2)c(-c2ccc(Cl)cc2)nn(CCOC(=O)CCN)c1=O.Cl. The first-order chi connectivity index (χ1) is 15.3. The number of nitrogens with zero attached hydrogens (tertiary/aromatic N) is 2. The van der Waals surface area contributed by atoms with Crippen molar-refractivity contribution in [1.82, 2.24) is 9.78 Å². The summed E-state index contributed by atoms with van der Waals surface area (Å²) < 4.78 is 6.23. The third-order valence-corrected chi connectivity index (χ3v) is 5.18. The van der Waals surface area contributed by atoms with Crippen molar-refractivity contribution in [2.24, 2.45) is 5.73 Å². The molecule has 0 aliphatic carbocycles. The summed E-state index contributed by atoms with van der Waals surface area (Å²) in [6.45, 7) is 1.40. The van der Waals surface area contributed by atoms with Gasteiger partial charge in [-0.1, -0.05) is 47.5 Å². The van der Waals surface area contributed by atoms with Crippen molar-refractivity contribution in [3.05, 3.63) is 74.5 Å². The van der Waals surface area contributed by atoms with Gasteiger partial charge in [-0.25, -0.2) is 4.68 Å². The van der Waals surface area contributed by atoms with Crippen LogP contribution in [0, 0.1) is 0 Å². The van der Waals surface area contributed by atoms with Gasteiger partial charge in [-0.2, -0.15) is 5.10 Å². The Hall–Kier alpha value is -2.71. The number of rotatable bonds is 8. The number of carbonyl (C=O) groups is 2. The van der Waals surface area contributed by atoms with Crippen molar-refractivity contribution in [3.8, 4) is 22.4 Å². The van der Waals surface area contributed by atoms with Gasteiger partial charge < -0.3 is 10.5 Å². The minimum Gasteiger partial charge on any atom is -0.464 e. The molecular formula is C23H22Cl3N3O4. The maximum Gasteiger partial charge on any atom is 0.307 e.